The summed E-state index contributed by atoms with van der Waals surface area (Å²) in [6.45, 7) is 1.08. The van der Waals surface area contributed by atoms with E-state index in [0.29, 0.717) is 22.9 Å². The Balaban J connectivity index is 1.44. The van der Waals surface area contributed by atoms with Gasteiger partial charge in [0.2, 0.25) is 0 Å². The monoisotopic (exact) mass is 387 g/mol. The van der Waals surface area contributed by atoms with Gasteiger partial charge in [0.25, 0.3) is 11.8 Å². The van der Waals surface area contributed by atoms with Crippen molar-refractivity contribution < 1.29 is 14.0 Å². The average Bonchev–Trinajstić information content (AvgIpc) is 3.45. The quantitative estimate of drug-likeness (QED) is 0.724. The fraction of sp³-hybridized carbons (Fsp3) is 0.278. The number of hydrogen-bond acceptors (Lipinski definition) is 6. The summed E-state index contributed by atoms with van der Waals surface area (Å²) in [7, 11) is 0. The van der Waals surface area contributed by atoms with Crippen LogP contribution >= 0.6 is 22.7 Å². The number of amides is 2. The van der Waals surface area contributed by atoms with E-state index >= 15 is 0 Å². The van der Waals surface area contributed by atoms with Crippen LogP contribution in [-0.4, -0.2) is 28.2 Å². The fourth-order valence-corrected chi connectivity index (χ4v) is 4.69. The molecule has 1 aliphatic heterocycles. The van der Waals surface area contributed by atoms with Gasteiger partial charge < -0.3 is 14.6 Å². The van der Waals surface area contributed by atoms with Crippen molar-refractivity contribution in [3.8, 4) is 0 Å². The van der Waals surface area contributed by atoms with Crippen LogP contribution in [0.3, 0.4) is 0 Å². The Morgan fingerprint density at radius 3 is 3.04 bits per heavy atom. The Morgan fingerprint density at radius 2 is 2.27 bits per heavy atom. The summed E-state index contributed by atoms with van der Waals surface area (Å²) in [6.07, 6.45) is 3.45. The lowest BCUT2D eigenvalue weighted by Crippen LogP contribution is -2.30. The number of carbonyl (C=O) groups excluding carboxylic acids is 2. The highest BCUT2D eigenvalue weighted by Gasteiger charge is 2.32. The molecule has 2 amide bonds. The number of thiazole rings is 1. The van der Waals surface area contributed by atoms with E-state index in [-0.39, 0.29) is 17.9 Å². The summed E-state index contributed by atoms with van der Waals surface area (Å²) in [6, 6.07) is 7.39. The summed E-state index contributed by atoms with van der Waals surface area (Å²) in [5, 5.41) is 4.63. The molecule has 3 aromatic rings. The standard InChI is InChI=1S/C18H17N3O3S2/c22-17(19-9-12-3-2-8-24-12)16-6-5-15(26-16)14-4-1-7-21(14)18(23)13-10-25-11-20-13/h2-3,5-6,8,10-11,14H,1,4,7,9H2,(H,19,22)/t14-/m0/s1. The third-order valence-electron chi connectivity index (χ3n) is 4.35. The van der Waals surface area contributed by atoms with Gasteiger partial charge in [0, 0.05) is 16.8 Å². The molecule has 4 heterocycles. The molecule has 134 valence electrons. The van der Waals surface area contributed by atoms with E-state index in [0.717, 1.165) is 24.3 Å². The highest BCUT2D eigenvalue weighted by Crippen LogP contribution is 2.36. The Kier molecular flexibility index (Phi) is 4.85. The number of thiophene rings is 1. The van der Waals surface area contributed by atoms with Gasteiger partial charge in [0.05, 0.1) is 29.2 Å². The van der Waals surface area contributed by atoms with Crippen LogP contribution in [0.15, 0.2) is 45.8 Å². The second-order valence-corrected chi connectivity index (χ2v) is 7.83. The molecule has 3 aromatic heterocycles. The van der Waals surface area contributed by atoms with Crippen LogP contribution in [-0.2, 0) is 6.54 Å². The minimum absolute atomic E-state index is 0.0147. The summed E-state index contributed by atoms with van der Waals surface area (Å²) < 4.78 is 5.22. The maximum atomic E-state index is 12.7. The molecular weight excluding hydrogens is 370 g/mol. The molecule has 26 heavy (non-hydrogen) atoms. The van der Waals surface area contributed by atoms with Gasteiger partial charge >= 0.3 is 0 Å². The number of nitrogens with one attached hydrogen (secondary N) is 1. The molecule has 4 rings (SSSR count). The van der Waals surface area contributed by atoms with Crippen LogP contribution in [0, 0.1) is 0 Å². The summed E-state index contributed by atoms with van der Waals surface area (Å²) >= 11 is 2.86. The number of likely N-dealkylation sites (tertiary alicyclic amines) is 1. The van der Waals surface area contributed by atoms with Crippen LogP contribution in [0.2, 0.25) is 0 Å². The highest BCUT2D eigenvalue weighted by atomic mass is 32.1. The molecule has 1 aliphatic rings. The first-order valence-electron chi connectivity index (χ1n) is 8.32. The molecule has 0 aromatic carbocycles. The van der Waals surface area contributed by atoms with Gasteiger partial charge in [0.1, 0.15) is 11.5 Å². The molecule has 1 atom stereocenters. The number of rotatable bonds is 5. The molecule has 0 unspecified atom stereocenters. The molecule has 0 bridgehead atoms. The van der Waals surface area contributed by atoms with Crippen molar-refractivity contribution >= 4 is 34.5 Å². The predicted molar refractivity (Wildman–Crippen MR) is 99.3 cm³/mol. The Labute approximate surface area is 158 Å². The lowest BCUT2D eigenvalue weighted by atomic mass is 10.2. The van der Waals surface area contributed by atoms with E-state index in [4.69, 9.17) is 4.42 Å². The predicted octanol–water partition coefficient (Wildman–Crippen LogP) is 3.70. The first-order valence-corrected chi connectivity index (χ1v) is 10.1. The highest BCUT2D eigenvalue weighted by molar-refractivity contribution is 7.14. The SMILES string of the molecule is O=C(NCc1ccco1)c1ccc([C@@H]2CCCN2C(=O)c2cscn2)s1. The molecule has 0 radical (unpaired) electrons. The zero-order valence-corrected chi connectivity index (χ0v) is 15.5. The van der Waals surface area contributed by atoms with E-state index < -0.39 is 0 Å². The maximum absolute atomic E-state index is 12.7. The lowest BCUT2D eigenvalue weighted by molar-refractivity contribution is 0.0732. The van der Waals surface area contributed by atoms with Crippen molar-refractivity contribution in [3.05, 3.63) is 62.6 Å². The third-order valence-corrected chi connectivity index (χ3v) is 6.12. The normalized spacial score (nSPS) is 16.8. The Morgan fingerprint density at radius 1 is 1.35 bits per heavy atom. The molecular formula is C18H17N3O3S2. The van der Waals surface area contributed by atoms with Crippen molar-refractivity contribution in [3.63, 3.8) is 0 Å². The number of furan rings is 1. The van der Waals surface area contributed by atoms with Crippen LogP contribution < -0.4 is 5.32 Å². The van der Waals surface area contributed by atoms with Gasteiger partial charge in [-0.2, -0.15) is 0 Å². The van der Waals surface area contributed by atoms with Crippen molar-refractivity contribution in [2.75, 3.05) is 6.54 Å². The molecule has 1 N–H and O–H groups in total. The number of aromatic nitrogens is 1. The van der Waals surface area contributed by atoms with Crippen molar-refractivity contribution in [1.82, 2.24) is 15.2 Å². The smallest absolute Gasteiger partial charge is 0.273 e. The first kappa shape index (κ1) is 17.0. The molecule has 6 nitrogen and oxygen atoms in total. The number of carbonyl (C=O) groups is 2. The van der Waals surface area contributed by atoms with Crippen LogP contribution in [0.1, 0.15) is 49.7 Å². The molecule has 8 heteroatoms. The second-order valence-electron chi connectivity index (χ2n) is 5.99. The Hall–Kier alpha value is -2.45. The van der Waals surface area contributed by atoms with Crippen LogP contribution in [0.25, 0.3) is 0 Å². The number of hydrogen-bond donors (Lipinski definition) is 1. The summed E-state index contributed by atoms with van der Waals surface area (Å²) in [5.41, 5.74) is 2.17. The average molecular weight is 387 g/mol. The van der Waals surface area contributed by atoms with Crippen LogP contribution in [0.5, 0.6) is 0 Å². The van der Waals surface area contributed by atoms with Crippen molar-refractivity contribution in [2.24, 2.45) is 0 Å². The van der Waals surface area contributed by atoms with Gasteiger partial charge in [-0.05, 0) is 37.1 Å². The zero-order valence-electron chi connectivity index (χ0n) is 13.9. The molecule has 0 saturated carbocycles. The zero-order chi connectivity index (χ0) is 17.9. The van der Waals surface area contributed by atoms with Gasteiger partial charge in [-0.3, -0.25) is 9.59 Å². The van der Waals surface area contributed by atoms with Gasteiger partial charge in [-0.1, -0.05) is 0 Å². The number of nitrogens with zero attached hydrogens (tertiary/aromatic N) is 2. The van der Waals surface area contributed by atoms with Crippen molar-refractivity contribution in [2.45, 2.75) is 25.4 Å². The third kappa shape index (κ3) is 3.42. The van der Waals surface area contributed by atoms with Gasteiger partial charge in [-0.25, -0.2) is 4.98 Å². The van der Waals surface area contributed by atoms with Gasteiger partial charge in [-0.15, -0.1) is 22.7 Å². The summed E-state index contributed by atoms with van der Waals surface area (Å²) in [4.78, 5) is 32.7. The maximum Gasteiger partial charge on any atom is 0.273 e. The molecule has 1 saturated heterocycles. The van der Waals surface area contributed by atoms with E-state index in [1.807, 2.05) is 23.1 Å². The fourth-order valence-electron chi connectivity index (χ4n) is 3.09. The minimum Gasteiger partial charge on any atom is -0.467 e. The van der Waals surface area contributed by atoms with E-state index in [1.54, 1.807) is 23.2 Å². The van der Waals surface area contributed by atoms with E-state index in [9.17, 15) is 9.59 Å². The van der Waals surface area contributed by atoms with Gasteiger partial charge in [0.15, 0.2) is 0 Å². The largest absolute Gasteiger partial charge is 0.467 e. The van der Waals surface area contributed by atoms with E-state index in [1.165, 1.54) is 22.7 Å². The minimum atomic E-state index is -0.131. The summed E-state index contributed by atoms with van der Waals surface area (Å²) in [5.74, 6) is 0.546. The molecule has 0 spiro atoms. The lowest BCUT2D eigenvalue weighted by Gasteiger charge is -2.23. The van der Waals surface area contributed by atoms with Crippen LogP contribution in [0.4, 0.5) is 0 Å². The Bertz CT molecular complexity index is 887. The topological polar surface area (TPSA) is 75.4 Å². The molecule has 0 aliphatic carbocycles. The van der Waals surface area contributed by atoms with Crippen molar-refractivity contribution in [1.29, 1.82) is 0 Å². The molecule has 1 fully saturated rings. The second kappa shape index (κ2) is 7.43. The first-order chi connectivity index (χ1) is 12.7. The van der Waals surface area contributed by atoms with E-state index in [2.05, 4.69) is 10.3 Å².